The van der Waals surface area contributed by atoms with Gasteiger partial charge < -0.3 is 0 Å². The minimum Gasteiger partial charge on any atom is -0.185 e. The van der Waals surface area contributed by atoms with Gasteiger partial charge in [-0.05, 0) is 24.3 Å². The minimum absolute atomic E-state index is 1.01. The summed E-state index contributed by atoms with van der Waals surface area (Å²) >= 11 is 7.27. The molecule has 0 aromatic carbocycles. The molecule has 2 heterocycles. The maximum atomic E-state index is 8.56. The van der Waals surface area contributed by atoms with Crippen molar-refractivity contribution < 1.29 is 0 Å². The van der Waals surface area contributed by atoms with Crippen LogP contribution in [0.15, 0.2) is 41.1 Å². The number of nitriles is 2. The van der Waals surface area contributed by atoms with Gasteiger partial charge in [-0.3, -0.25) is 0 Å². The highest BCUT2D eigenvalue weighted by molar-refractivity contribution is 8.07. The Hall–Kier alpha value is -0.570. The van der Waals surface area contributed by atoms with Crippen LogP contribution in [0.5, 0.6) is 0 Å². The number of thioether (sulfide) groups is 2. The van der Waals surface area contributed by atoms with Crippen molar-refractivity contribution in [2.45, 2.75) is 16.8 Å². The fraction of sp³-hybridized carbons (Fsp3) is 0. The molecular formula is C10H4N2S5. The van der Waals surface area contributed by atoms with Gasteiger partial charge in [-0.2, -0.15) is 10.5 Å². The van der Waals surface area contributed by atoms with Crippen LogP contribution in [0.2, 0.25) is 0 Å². The molecule has 0 aliphatic carbocycles. The highest BCUT2D eigenvalue weighted by Crippen LogP contribution is 2.41. The molecular weight excluding hydrogens is 308 g/mol. The van der Waals surface area contributed by atoms with Gasteiger partial charge in [-0.1, -0.05) is 11.8 Å². The summed E-state index contributed by atoms with van der Waals surface area (Å²) in [5.41, 5.74) is 0. The highest BCUT2D eigenvalue weighted by atomic mass is 32.2. The molecule has 0 aliphatic rings. The third kappa shape index (κ3) is 3.70. The third-order valence-electron chi connectivity index (χ3n) is 1.61. The van der Waals surface area contributed by atoms with Crippen molar-refractivity contribution in [3.63, 3.8) is 0 Å². The van der Waals surface area contributed by atoms with E-state index in [1.165, 1.54) is 23.5 Å². The van der Waals surface area contributed by atoms with E-state index >= 15 is 0 Å². The van der Waals surface area contributed by atoms with Crippen molar-refractivity contribution >= 4 is 58.0 Å². The zero-order valence-electron chi connectivity index (χ0n) is 8.25. The summed E-state index contributed by atoms with van der Waals surface area (Å²) < 4.78 is 4.35. The van der Waals surface area contributed by atoms with Crippen LogP contribution >= 0.6 is 58.0 Å². The molecule has 0 aliphatic heterocycles. The molecule has 0 amide bonds. The molecule has 2 aromatic rings. The standard InChI is InChI=1S/C10H4N2S5/c11-5-13-7-1-3-9(15-7)17-10-4-2-8(16-10)14-6-12/h1-4H. The molecule has 0 bridgehead atoms. The zero-order valence-corrected chi connectivity index (χ0v) is 12.3. The maximum Gasteiger partial charge on any atom is 0.139 e. The third-order valence-corrected chi connectivity index (χ3v) is 6.49. The summed E-state index contributed by atoms with van der Waals surface area (Å²) in [6, 6.07) is 7.95. The average molecular weight is 312 g/mol. The Balaban J connectivity index is 2.04. The van der Waals surface area contributed by atoms with Crippen LogP contribution in [-0.2, 0) is 0 Å². The van der Waals surface area contributed by atoms with E-state index in [4.69, 9.17) is 10.5 Å². The maximum absolute atomic E-state index is 8.56. The van der Waals surface area contributed by atoms with Gasteiger partial charge in [-0.15, -0.1) is 22.7 Å². The number of rotatable bonds is 4. The largest absolute Gasteiger partial charge is 0.185 e. The number of thiocyanates is 2. The highest BCUT2D eigenvalue weighted by Gasteiger charge is 2.06. The number of hydrogen-bond donors (Lipinski definition) is 0. The molecule has 0 radical (unpaired) electrons. The van der Waals surface area contributed by atoms with Gasteiger partial charge in [0.1, 0.15) is 10.8 Å². The molecule has 17 heavy (non-hydrogen) atoms. The van der Waals surface area contributed by atoms with Crippen molar-refractivity contribution in [1.29, 1.82) is 10.5 Å². The first kappa shape index (κ1) is 12.9. The second-order valence-electron chi connectivity index (χ2n) is 2.64. The van der Waals surface area contributed by atoms with Crippen molar-refractivity contribution in [3.8, 4) is 10.8 Å². The monoisotopic (exact) mass is 312 g/mol. The van der Waals surface area contributed by atoms with Crippen molar-refractivity contribution in [3.05, 3.63) is 24.3 Å². The molecule has 0 fully saturated rings. The van der Waals surface area contributed by atoms with Gasteiger partial charge in [0.05, 0.1) is 16.8 Å². The molecule has 0 saturated heterocycles. The molecule has 0 atom stereocenters. The molecule has 0 saturated carbocycles. The normalized spacial score (nSPS) is 9.76. The molecule has 2 aromatic heterocycles. The quantitative estimate of drug-likeness (QED) is 0.580. The number of hydrogen-bond acceptors (Lipinski definition) is 7. The Morgan fingerprint density at radius 3 is 1.59 bits per heavy atom. The first-order valence-corrected chi connectivity index (χ1v) is 8.39. The first-order valence-electron chi connectivity index (χ1n) is 4.31. The van der Waals surface area contributed by atoms with Gasteiger partial charge in [0.15, 0.2) is 0 Å². The summed E-state index contributed by atoms with van der Waals surface area (Å²) in [6.45, 7) is 0. The van der Waals surface area contributed by atoms with Crippen LogP contribution in [0.4, 0.5) is 0 Å². The molecule has 2 rings (SSSR count). The molecule has 84 valence electrons. The van der Waals surface area contributed by atoms with Gasteiger partial charge in [-0.25, -0.2) is 0 Å². The Kier molecular flexibility index (Phi) is 4.84. The summed E-state index contributed by atoms with van der Waals surface area (Å²) in [6.07, 6.45) is 0. The fourth-order valence-corrected chi connectivity index (χ4v) is 5.86. The average Bonchev–Trinajstić information content (AvgIpc) is 2.91. The van der Waals surface area contributed by atoms with Crippen molar-refractivity contribution in [2.75, 3.05) is 0 Å². The lowest BCUT2D eigenvalue weighted by atomic mass is 10.7. The van der Waals surface area contributed by atoms with E-state index in [2.05, 4.69) is 10.8 Å². The lowest BCUT2D eigenvalue weighted by Crippen LogP contribution is -1.55. The smallest absolute Gasteiger partial charge is 0.139 e. The summed E-state index contributed by atoms with van der Waals surface area (Å²) in [4.78, 5) is 0. The SMILES string of the molecule is N#CSc1ccc(Sc2ccc(SC#N)s2)s1. The molecule has 0 unspecified atom stereocenters. The Bertz CT molecular complexity index is 534. The van der Waals surface area contributed by atoms with Gasteiger partial charge in [0, 0.05) is 23.5 Å². The molecule has 2 nitrogen and oxygen atoms in total. The van der Waals surface area contributed by atoms with E-state index in [1.807, 2.05) is 24.3 Å². The lowest BCUT2D eigenvalue weighted by Gasteiger charge is -1.91. The topological polar surface area (TPSA) is 47.6 Å². The van der Waals surface area contributed by atoms with E-state index in [0.717, 1.165) is 16.8 Å². The van der Waals surface area contributed by atoms with E-state index in [0.29, 0.717) is 0 Å². The molecule has 0 N–H and O–H groups in total. The molecule has 0 spiro atoms. The lowest BCUT2D eigenvalue weighted by molar-refractivity contribution is 1.56. The van der Waals surface area contributed by atoms with Crippen LogP contribution in [0.1, 0.15) is 0 Å². The predicted molar refractivity (Wildman–Crippen MR) is 75.7 cm³/mol. The van der Waals surface area contributed by atoms with Crippen LogP contribution < -0.4 is 0 Å². The van der Waals surface area contributed by atoms with E-state index in [9.17, 15) is 0 Å². The second-order valence-corrected chi connectivity index (χ2v) is 8.57. The van der Waals surface area contributed by atoms with Gasteiger partial charge >= 0.3 is 0 Å². The molecule has 7 heteroatoms. The van der Waals surface area contributed by atoms with Crippen molar-refractivity contribution in [2.24, 2.45) is 0 Å². The minimum atomic E-state index is 1.01. The van der Waals surface area contributed by atoms with Gasteiger partial charge in [0.25, 0.3) is 0 Å². The second kappa shape index (κ2) is 6.39. The Morgan fingerprint density at radius 1 is 0.765 bits per heavy atom. The van der Waals surface area contributed by atoms with Crippen molar-refractivity contribution in [1.82, 2.24) is 0 Å². The van der Waals surface area contributed by atoms with Crippen LogP contribution in [0, 0.1) is 21.3 Å². The Labute approximate surface area is 120 Å². The van der Waals surface area contributed by atoms with Crippen LogP contribution in [-0.4, -0.2) is 0 Å². The predicted octanol–water partition coefficient (Wildman–Crippen LogP) is 5.11. The summed E-state index contributed by atoms with van der Waals surface area (Å²) in [5.74, 6) is 0. The fourth-order valence-electron chi connectivity index (χ4n) is 1.02. The zero-order chi connectivity index (χ0) is 12.1. The summed E-state index contributed by atoms with van der Waals surface area (Å²) in [7, 11) is 0. The van der Waals surface area contributed by atoms with Crippen LogP contribution in [0.25, 0.3) is 0 Å². The van der Waals surface area contributed by atoms with Crippen LogP contribution in [0.3, 0.4) is 0 Å². The number of nitrogens with zero attached hydrogens (tertiary/aromatic N) is 2. The van der Waals surface area contributed by atoms with E-state index in [-0.39, 0.29) is 0 Å². The number of thiophene rings is 2. The van der Waals surface area contributed by atoms with E-state index in [1.54, 1.807) is 34.4 Å². The Morgan fingerprint density at radius 2 is 1.18 bits per heavy atom. The van der Waals surface area contributed by atoms with E-state index < -0.39 is 0 Å². The van der Waals surface area contributed by atoms with Gasteiger partial charge in [0.2, 0.25) is 0 Å². The first-order chi connectivity index (χ1) is 8.31. The summed E-state index contributed by atoms with van der Waals surface area (Å²) in [5, 5.41) is 21.3.